The van der Waals surface area contributed by atoms with Gasteiger partial charge in [-0.3, -0.25) is 5.10 Å². The standard InChI is InChI=1S/C15H18N4/c1-8-5-6-11-14(12-7-13(16)18-17-12)10(3)19(4)15(11)9(8)2/h5-7H,1-4H3,(H3,16,17,18). The molecule has 1 aromatic carbocycles. The van der Waals surface area contributed by atoms with E-state index >= 15 is 0 Å². The highest BCUT2D eigenvalue weighted by molar-refractivity contribution is 5.99. The average molecular weight is 254 g/mol. The lowest BCUT2D eigenvalue weighted by Crippen LogP contribution is -1.93. The molecule has 19 heavy (non-hydrogen) atoms. The van der Waals surface area contributed by atoms with Crippen molar-refractivity contribution in [2.75, 3.05) is 5.73 Å². The van der Waals surface area contributed by atoms with E-state index in [1.54, 1.807) is 0 Å². The highest BCUT2D eigenvalue weighted by atomic mass is 15.2. The van der Waals surface area contributed by atoms with Gasteiger partial charge in [-0.2, -0.15) is 5.10 Å². The highest BCUT2D eigenvalue weighted by Gasteiger charge is 2.17. The second-order valence-corrected chi connectivity index (χ2v) is 5.13. The number of nitrogens with zero attached hydrogens (tertiary/aromatic N) is 2. The maximum Gasteiger partial charge on any atom is 0.145 e. The molecule has 98 valence electrons. The number of aromatic amines is 1. The van der Waals surface area contributed by atoms with Gasteiger partial charge in [0.2, 0.25) is 0 Å². The van der Waals surface area contributed by atoms with Gasteiger partial charge in [-0.25, -0.2) is 0 Å². The molecule has 4 heteroatoms. The van der Waals surface area contributed by atoms with Crippen LogP contribution in [0.3, 0.4) is 0 Å². The summed E-state index contributed by atoms with van der Waals surface area (Å²) in [5.74, 6) is 0.523. The summed E-state index contributed by atoms with van der Waals surface area (Å²) in [4.78, 5) is 0. The Morgan fingerprint density at radius 1 is 1.21 bits per heavy atom. The van der Waals surface area contributed by atoms with Crippen LogP contribution in [0.15, 0.2) is 18.2 Å². The SMILES string of the molecule is Cc1ccc2c(-c3cc(N)n[nH]3)c(C)n(C)c2c1C. The van der Waals surface area contributed by atoms with Crippen LogP contribution in [0, 0.1) is 20.8 Å². The smallest absolute Gasteiger partial charge is 0.145 e. The molecule has 0 aliphatic rings. The summed E-state index contributed by atoms with van der Waals surface area (Å²) in [6, 6.07) is 6.23. The van der Waals surface area contributed by atoms with Crippen LogP contribution < -0.4 is 5.73 Å². The van der Waals surface area contributed by atoms with Crippen LogP contribution in [-0.4, -0.2) is 14.8 Å². The van der Waals surface area contributed by atoms with E-state index in [0.717, 1.165) is 5.69 Å². The lowest BCUT2D eigenvalue weighted by molar-refractivity contribution is 0.913. The molecule has 0 radical (unpaired) electrons. The van der Waals surface area contributed by atoms with Gasteiger partial charge < -0.3 is 10.3 Å². The molecule has 2 heterocycles. The van der Waals surface area contributed by atoms with Crippen LogP contribution in [0.1, 0.15) is 16.8 Å². The Kier molecular flexibility index (Phi) is 2.42. The van der Waals surface area contributed by atoms with Crippen molar-refractivity contribution in [2.45, 2.75) is 20.8 Å². The normalized spacial score (nSPS) is 11.4. The van der Waals surface area contributed by atoms with E-state index in [4.69, 9.17) is 5.73 Å². The third-order valence-electron chi connectivity index (χ3n) is 4.04. The quantitative estimate of drug-likeness (QED) is 0.701. The number of nitrogens with one attached hydrogen (secondary N) is 1. The fraction of sp³-hybridized carbons (Fsp3) is 0.267. The third kappa shape index (κ3) is 1.56. The Hall–Kier alpha value is -2.23. The van der Waals surface area contributed by atoms with Crippen LogP contribution in [0.5, 0.6) is 0 Å². The number of aryl methyl sites for hydroxylation is 3. The molecule has 3 N–H and O–H groups in total. The molecule has 3 aromatic rings. The van der Waals surface area contributed by atoms with E-state index in [2.05, 4.69) is 54.7 Å². The second-order valence-electron chi connectivity index (χ2n) is 5.13. The van der Waals surface area contributed by atoms with Crippen molar-refractivity contribution in [1.29, 1.82) is 0 Å². The minimum absolute atomic E-state index is 0.523. The Balaban J connectivity index is 2.44. The van der Waals surface area contributed by atoms with Gasteiger partial charge >= 0.3 is 0 Å². The molecule has 4 nitrogen and oxygen atoms in total. The van der Waals surface area contributed by atoms with Crippen LogP contribution in [0.4, 0.5) is 5.82 Å². The highest BCUT2D eigenvalue weighted by Crippen LogP contribution is 2.35. The van der Waals surface area contributed by atoms with Gasteiger partial charge in [0, 0.05) is 29.8 Å². The Morgan fingerprint density at radius 2 is 1.95 bits per heavy atom. The first-order valence-electron chi connectivity index (χ1n) is 6.37. The Bertz CT molecular complexity index is 777. The van der Waals surface area contributed by atoms with Gasteiger partial charge in [-0.1, -0.05) is 12.1 Å². The summed E-state index contributed by atoms with van der Waals surface area (Å²) in [6.07, 6.45) is 0. The average Bonchev–Trinajstić information content (AvgIpc) is 2.89. The predicted octanol–water partition coefficient (Wildman–Crippen LogP) is 3.08. The summed E-state index contributed by atoms with van der Waals surface area (Å²) in [5.41, 5.74) is 13.0. The molecular formula is C15H18N4. The summed E-state index contributed by atoms with van der Waals surface area (Å²) in [6.45, 7) is 6.44. The molecule has 0 unspecified atom stereocenters. The Morgan fingerprint density at radius 3 is 2.58 bits per heavy atom. The fourth-order valence-corrected chi connectivity index (χ4v) is 2.77. The zero-order chi connectivity index (χ0) is 13.7. The van der Waals surface area contributed by atoms with Gasteiger partial charge in [0.05, 0.1) is 11.2 Å². The van der Waals surface area contributed by atoms with E-state index in [0.29, 0.717) is 5.82 Å². The predicted molar refractivity (Wildman–Crippen MR) is 79.1 cm³/mol. The van der Waals surface area contributed by atoms with Crippen molar-refractivity contribution in [3.63, 3.8) is 0 Å². The lowest BCUT2D eigenvalue weighted by Gasteiger charge is -2.05. The summed E-state index contributed by atoms with van der Waals surface area (Å²) in [5, 5.41) is 8.29. The van der Waals surface area contributed by atoms with Gasteiger partial charge in [0.15, 0.2) is 0 Å². The zero-order valence-electron chi connectivity index (χ0n) is 11.7. The number of hydrogen-bond donors (Lipinski definition) is 2. The first kappa shape index (κ1) is 11.8. The molecule has 2 aromatic heterocycles. The van der Waals surface area contributed by atoms with E-state index in [1.807, 2.05) is 6.07 Å². The molecule has 0 aliphatic heterocycles. The number of hydrogen-bond acceptors (Lipinski definition) is 2. The molecule has 0 fully saturated rings. The van der Waals surface area contributed by atoms with Crippen molar-refractivity contribution in [2.24, 2.45) is 7.05 Å². The molecule has 0 saturated carbocycles. The van der Waals surface area contributed by atoms with E-state index in [1.165, 1.54) is 33.3 Å². The third-order valence-corrected chi connectivity index (χ3v) is 4.04. The molecule has 0 saturated heterocycles. The molecule has 0 aliphatic carbocycles. The molecule has 3 rings (SSSR count). The number of fused-ring (bicyclic) bond motifs is 1. The number of rotatable bonds is 1. The van der Waals surface area contributed by atoms with Crippen LogP contribution in [0.2, 0.25) is 0 Å². The topological polar surface area (TPSA) is 59.6 Å². The van der Waals surface area contributed by atoms with Crippen molar-refractivity contribution in [1.82, 2.24) is 14.8 Å². The number of anilines is 1. The molecule has 0 amide bonds. The van der Waals surface area contributed by atoms with Crippen LogP contribution in [-0.2, 0) is 7.05 Å². The zero-order valence-corrected chi connectivity index (χ0v) is 11.7. The van der Waals surface area contributed by atoms with Gasteiger partial charge in [0.25, 0.3) is 0 Å². The van der Waals surface area contributed by atoms with E-state index in [9.17, 15) is 0 Å². The first-order valence-corrected chi connectivity index (χ1v) is 6.37. The number of aromatic nitrogens is 3. The van der Waals surface area contributed by atoms with E-state index < -0.39 is 0 Å². The minimum atomic E-state index is 0.523. The van der Waals surface area contributed by atoms with Crippen molar-refractivity contribution in [3.8, 4) is 11.3 Å². The molecule has 0 spiro atoms. The monoisotopic (exact) mass is 254 g/mol. The van der Waals surface area contributed by atoms with Gasteiger partial charge in [-0.15, -0.1) is 0 Å². The summed E-state index contributed by atoms with van der Waals surface area (Å²) >= 11 is 0. The second kappa shape index (κ2) is 3.88. The van der Waals surface area contributed by atoms with Crippen molar-refractivity contribution in [3.05, 3.63) is 35.0 Å². The van der Waals surface area contributed by atoms with Crippen molar-refractivity contribution < 1.29 is 0 Å². The molecule has 0 bridgehead atoms. The number of benzene rings is 1. The van der Waals surface area contributed by atoms with E-state index in [-0.39, 0.29) is 0 Å². The number of nitrogens with two attached hydrogens (primary N) is 1. The first-order chi connectivity index (χ1) is 9.00. The van der Waals surface area contributed by atoms with Crippen LogP contribution in [0.25, 0.3) is 22.2 Å². The minimum Gasteiger partial charge on any atom is -0.382 e. The number of nitrogen functional groups attached to an aromatic ring is 1. The number of H-pyrrole nitrogens is 1. The largest absolute Gasteiger partial charge is 0.382 e. The summed E-state index contributed by atoms with van der Waals surface area (Å²) in [7, 11) is 2.10. The Labute approximate surface area is 112 Å². The van der Waals surface area contributed by atoms with Crippen molar-refractivity contribution >= 4 is 16.7 Å². The maximum absolute atomic E-state index is 5.72. The molecule has 0 atom stereocenters. The van der Waals surface area contributed by atoms with Crippen LogP contribution >= 0.6 is 0 Å². The maximum atomic E-state index is 5.72. The summed E-state index contributed by atoms with van der Waals surface area (Å²) < 4.78 is 2.24. The molecular weight excluding hydrogens is 236 g/mol. The lowest BCUT2D eigenvalue weighted by atomic mass is 10.0. The van der Waals surface area contributed by atoms with Gasteiger partial charge in [-0.05, 0) is 31.9 Å². The fourth-order valence-electron chi connectivity index (χ4n) is 2.77. The van der Waals surface area contributed by atoms with Gasteiger partial charge in [0.1, 0.15) is 5.82 Å².